The molecule has 1 N–H and O–H groups in total. The van der Waals surface area contributed by atoms with E-state index in [1.807, 2.05) is 0 Å². The van der Waals surface area contributed by atoms with Gasteiger partial charge in [-0.1, -0.05) is 62.8 Å². The molecular weight excluding hydrogens is 445 g/mol. The predicted molar refractivity (Wildman–Crippen MR) is 123 cm³/mol. The number of unbranched alkanes of at least 4 members (excludes halogenated alkanes) is 7. The third-order valence-electron chi connectivity index (χ3n) is 5.92. The monoisotopic (exact) mass is 474 g/mol. The quantitative estimate of drug-likeness (QED) is 0.284. The number of anilines is 1. The van der Waals surface area contributed by atoms with E-state index in [4.69, 9.17) is 0 Å². The number of rotatable bonds is 12. The Labute approximate surface area is 197 Å². The number of nitrogens with zero attached hydrogens (tertiary/aromatic N) is 1. The summed E-state index contributed by atoms with van der Waals surface area (Å²) in [6, 6.07) is 11.8. The van der Waals surface area contributed by atoms with E-state index < -0.39 is 17.6 Å². The molecule has 0 spiro atoms. The topological polar surface area (TPSA) is 66.5 Å². The zero-order valence-corrected chi connectivity index (χ0v) is 19.0. The molecule has 1 aliphatic rings. The molecule has 1 aliphatic heterocycles. The first-order valence-electron chi connectivity index (χ1n) is 11.7. The first kappa shape index (κ1) is 25.5. The Kier molecular flexibility index (Phi) is 8.85. The van der Waals surface area contributed by atoms with Crippen LogP contribution in [-0.2, 0) is 11.0 Å². The lowest BCUT2D eigenvalue weighted by Gasteiger charge is -2.13. The smallest absolute Gasteiger partial charge is 0.326 e. The molecule has 182 valence electrons. The molecule has 0 radical (unpaired) electrons. The summed E-state index contributed by atoms with van der Waals surface area (Å²) in [4.78, 5) is 37.9. The molecule has 0 bridgehead atoms. The van der Waals surface area contributed by atoms with Gasteiger partial charge in [-0.3, -0.25) is 19.3 Å². The number of benzene rings is 2. The number of para-hydroxylation sites is 1. The molecule has 0 aromatic heterocycles. The number of carbonyl (C=O) groups excluding carboxylic acids is 3. The molecule has 0 unspecified atom stereocenters. The fraction of sp³-hybridized carbons (Fsp3) is 0.423. The van der Waals surface area contributed by atoms with Crippen LogP contribution in [0.4, 0.5) is 18.9 Å². The third kappa shape index (κ3) is 6.68. The van der Waals surface area contributed by atoms with Crippen LogP contribution in [0.5, 0.6) is 0 Å². The van der Waals surface area contributed by atoms with Crippen molar-refractivity contribution in [1.29, 1.82) is 0 Å². The number of alkyl halides is 3. The molecule has 0 aliphatic carbocycles. The Morgan fingerprint density at radius 2 is 1.24 bits per heavy atom. The summed E-state index contributed by atoms with van der Waals surface area (Å²) in [5.74, 6) is -0.845. The highest BCUT2D eigenvalue weighted by molar-refractivity contribution is 6.21. The van der Waals surface area contributed by atoms with Gasteiger partial charge in [-0.05, 0) is 37.1 Å². The van der Waals surface area contributed by atoms with Gasteiger partial charge in [-0.25, -0.2) is 0 Å². The van der Waals surface area contributed by atoms with Gasteiger partial charge >= 0.3 is 6.18 Å². The molecule has 0 atom stereocenters. The van der Waals surface area contributed by atoms with Crippen LogP contribution in [0.1, 0.15) is 84.1 Å². The Balaban J connectivity index is 1.22. The van der Waals surface area contributed by atoms with Crippen LogP contribution in [-0.4, -0.2) is 29.2 Å². The average molecular weight is 475 g/mol. The summed E-state index contributed by atoms with van der Waals surface area (Å²) in [6.07, 6.45) is 2.81. The van der Waals surface area contributed by atoms with E-state index in [0.29, 0.717) is 24.1 Å². The fourth-order valence-electron chi connectivity index (χ4n) is 4.11. The highest BCUT2D eigenvalue weighted by Gasteiger charge is 2.34. The Hall–Kier alpha value is -3.16. The summed E-state index contributed by atoms with van der Waals surface area (Å²) < 4.78 is 39.0. The van der Waals surface area contributed by atoms with Crippen LogP contribution < -0.4 is 5.32 Å². The van der Waals surface area contributed by atoms with Gasteiger partial charge in [0.1, 0.15) is 0 Å². The zero-order chi connectivity index (χ0) is 24.6. The maximum atomic E-state index is 13.0. The number of imide groups is 1. The van der Waals surface area contributed by atoms with E-state index in [0.717, 1.165) is 51.0 Å². The summed E-state index contributed by atoms with van der Waals surface area (Å²) >= 11 is 0. The maximum Gasteiger partial charge on any atom is 0.418 e. The molecule has 3 amide bonds. The van der Waals surface area contributed by atoms with Crippen molar-refractivity contribution in [2.75, 3.05) is 11.9 Å². The lowest BCUT2D eigenvalue weighted by Crippen LogP contribution is -2.30. The Morgan fingerprint density at radius 1 is 0.735 bits per heavy atom. The van der Waals surface area contributed by atoms with Gasteiger partial charge in [0.2, 0.25) is 5.91 Å². The van der Waals surface area contributed by atoms with Gasteiger partial charge in [-0.2, -0.15) is 13.2 Å². The second-order valence-corrected chi connectivity index (χ2v) is 8.48. The van der Waals surface area contributed by atoms with E-state index in [9.17, 15) is 27.6 Å². The van der Waals surface area contributed by atoms with E-state index in [1.54, 1.807) is 24.3 Å². The van der Waals surface area contributed by atoms with Crippen molar-refractivity contribution in [3.8, 4) is 0 Å². The summed E-state index contributed by atoms with van der Waals surface area (Å²) in [5, 5.41) is 2.37. The number of fused-ring (bicyclic) bond motifs is 1. The average Bonchev–Trinajstić information content (AvgIpc) is 3.05. The normalized spacial score (nSPS) is 13.3. The van der Waals surface area contributed by atoms with Gasteiger partial charge in [0, 0.05) is 13.0 Å². The number of hydrogen-bond donors (Lipinski definition) is 1. The highest BCUT2D eigenvalue weighted by Crippen LogP contribution is 2.34. The number of nitrogens with one attached hydrogen (secondary N) is 1. The largest absolute Gasteiger partial charge is 0.418 e. The summed E-state index contributed by atoms with van der Waals surface area (Å²) in [7, 11) is 0. The number of amides is 3. The van der Waals surface area contributed by atoms with Gasteiger partial charge in [0.05, 0.1) is 22.4 Å². The first-order valence-corrected chi connectivity index (χ1v) is 11.7. The second kappa shape index (κ2) is 11.8. The van der Waals surface area contributed by atoms with E-state index in [2.05, 4.69) is 5.32 Å². The maximum absolute atomic E-state index is 13.0. The van der Waals surface area contributed by atoms with Crippen LogP contribution in [0.15, 0.2) is 48.5 Å². The van der Waals surface area contributed by atoms with E-state index in [1.165, 1.54) is 23.1 Å². The number of hydrogen-bond acceptors (Lipinski definition) is 3. The molecule has 0 fully saturated rings. The standard InChI is InChI=1S/C26H29F3N2O3/c27-26(28,29)21-15-10-11-16-22(21)30-23(32)17-7-5-3-1-2-4-6-12-18-31-24(33)19-13-8-9-14-20(19)25(31)34/h8-11,13-16H,1-7,12,17-18H2,(H,30,32). The van der Waals surface area contributed by atoms with Crippen molar-refractivity contribution in [2.45, 2.75) is 64.0 Å². The fourth-order valence-corrected chi connectivity index (χ4v) is 4.11. The van der Waals surface area contributed by atoms with Crippen molar-refractivity contribution >= 4 is 23.4 Å². The van der Waals surface area contributed by atoms with Crippen molar-refractivity contribution in [1.82, 2.24) is 4.90 Å². The number of carbonyl (C=O) groups is 3. The van der Waals surface area contributed by atoms with Crippen molar-refractivity contribution in [3.05, 3.63) is 65.2 Å². The van der Waals surface area contributed by atoms with Crippen LogP contribution in [0, 0.1) is 0 Å². The highest BCUT2D eigenvalue weighted by atomic mass is 19.4. The van der Waals surface area contributed by atoms with Gasteiger partial charge in [-0.15, -0.1) is 0 Å². The molecule has 0 saturated heterocycles. The van der Waals surface area contributed by atoms with Crippen molar-refractivity contribution in [2.24, 2.45) is 0 Å². The minimum Gasteiger partial charge on any atom is -0.326 e. The lowest BCUT2D eigenvalue weighted by atomic mass is 10.1. The lowest BCUT2D eigenvalue weighted by molar-refractivity contribution is -0.137. The third-order valence-corrected chi connectivity index (χ3v) is 5.92. The molecule has 0 saturated carbocycles. The minimum absolute atomic E-state index is 0.187. The number of halogens is 3. The molecule has 34 heavy (non-hydrogen) atoms. The molecule has 8 heteroatoms. The Bertz CT molecular complexity index is 985. The van der Waals surface area contributed by atoms with Gasteiger partial charge in [0.15, 0.2) is 0 Å². The van der Waals surface area contributed by atoms with E-state index in [-0.39, 0.29) is 23.9 Å². The van der Waals surface area contributed by atoms with Crippen molar-refractivity contribution in [3.63, 3.8) is 0 Å². The van der Waals surface area contributed by atoms with Crippen LogP contribution in [0.3, 0.4) is 0 Å². The van der Waals surface area contributed by atoms with Crippen LogP contribution in [0.2, 0.25) is 0 Å². The molecule has 5 nitrogen and oxygen atoms in total. The molecular formula is C26H29F3N2O3. The molecule has 1 heterocycles. The van der Waals surface area contributed by atoms with Crippen LogP contribution in [0.25, 0.3) is 0 Å². The van der Waals surface area contributed by atoms with Crippen LogP contribution >= 0.6 is 0 Å². The molecule has 2 aromatic rings. The SMILES string of the molecule is O=C(CCCCCCCCCCN1C(=O)c2ccccc2C1=O)Nc1ccccc1C(F)(F)F. The van der Waals surface area contributed by atoms with Gasteiger partial charge in [0.25, 0.3) is 11.8 Å². The predicted octanol–water partition coefficient (Wildman–Crippen LogP) is 6.45. The minimum atomic E-state index is -4.51. The summed E-state index contributed by atoms with van der Waals surface area (Å²) in [5.41, 5.74) is -0.0935. The Morgan fingerprint density at radius 3 is 1.82 bits per heavy atom. The molecule has 2 aromatic carbocycles. The first-order chi connectivity index (χ1) is 16.3. The zero-order valence-electron chi connectivity index (χ0n) is 19.0. The van der Waals surface area contributed by atoms with Gasteiger partial charge < -0.3 is 5.32 Å². The van der Waals surface area contributed by atoms with Crippen molar-refractivity contribution < 1.29 is 27.6 Å². The molecule has 3 rings (SSSR count). The second-order valence-electron chi connectivity index (χ2n) is 8.48. The van der Waals surface area contributed by atoms with E-state index >= 15 is 0 Å². The summed E-state index contributed by atoms with van der Waals surface area (Å²) in [6.45, 7) is 0.429.